The molecule has 0 bridgehead atoms. The van der Waals surface area contributed by atoms with Crippen molar-refractivity contribution in [2.75, 3.05) is 29.9 Å². The fourth-order valence-corrected chi connectivity index (χ4v) is 4.33. The molecule has 8 heteroatoms. The summed E-state index contributed by atoms with van der Waals surface area (Å²) in [6.07, 6.45) is 1.64. The second-order valence-electron chi connectivity index (χ2n) is 6.69. The van der Waals surface area contributed by atoms with Crippen LogP contribution in [0.3, 0.4) is 0 Å². The number of amides is 1. The lowest BCUT2D eigenvalue weighted by Gasteiger charge is -2.24. The topological polar surface area (TPSA) is 84.9 Å². The molecule has 0 radical (unpaired) electrons. The lowest BCUT2D eigenvalue weighted by atomic mass is 10.3. The number of benzene rings is 3. The van der Waals surface area contributed by atoms with E-state index in [4.69, 9.17) is 9.47 Å². The molecule has 0 aliphatic carbocycles. The zero-order valence-corrected chi connectivity index (χ0v) is 18.4. The Labute approximate surface area is 188 Å². The van der Waals surface area contributed by atoms with Gasteiger partial charge in [0.1, 0.15) is 24.7 Å². The van der Waals surface area contributed by atoms with Crippen LogP contribution in [0.1, 0.15) is 0 Å². The molecule has 0 spiro atoms. The third-order valence-electron chi connectivity index (χ3n) is 4.48. The van der Waals surface area contributed by atoms with Gasteiger partial charge in [0.15, 0.2) is 0 Å². The molecule has 166 valence electrons. The van der Waals surface area contributed by atoms with Crippen molar-refractivity contribution in [3.63, 3.8) is 0 Å². The van der Waals surface area contributed by atoms with Crippen LogP contribution >= 0.6 is 0 Å². The molecule has 0 saturated heterocycles. The van der Waals surface area contributed by atoms with Gasteiger partial charge in [-0.15, -0.1) is 0 Å². The summed E-state index contributed by atoms with van der Waals surface area (Å²) in [6.45, 7) is 3.57. The highest BCUT2D eigenvalue weighted by molar-refractivity contribution is 7.92. The summed E-state index contributed by atoms with van der Waals surface area (Å²) in [6, 6.07) is 21.3. The summed E-state index contributed by atoms with van der Waals surface area (Å²) in [4.78, 5) is 12.8. The molecular formula is C24H24N2O5S. The zero-order chi connectivity index (χ0) is 23.0. The van der Waals surface area contributed by atoms with Crippen molar-refractivity contribution < 1.29 is 22.7 Å². The Bertz CT molecular complexity index is 1150. The van der Waals surface area contributed by atoms with Crippen molar-refractivity contribution in [2.45, 2.75) is 4.90 Å². The maximum absolute atomic E-state index is 13.3. The molecule has 0 aromatic heterocycles. The minimum Gasteiger partial charge on any atom is -0.497 e. The minimum atomic E-state index is -4.00. The summed E-state index contributed by atoms with van der Waals surface area (Å²) in [5.74, 6) is 0.690. The van der Waals surface area contributed by atoms with E-state index in [1.165, 1.54) is 19.2 Å². The van der Waals surface area contributed by atoms with Crippen LogP contribution < -0.4 is 19.1 Å². The molecule has 0 heterocycles. The monoisotopic (exact) mass is 452 g/mol. The minimum absolute atomic E-state index is 0.0543. The lowest BCUT2D eigenvalue weighted by molar-refractivity contribution is -0.114. The van der Waals surface area contributed by atoms with Gasteiger partial charge in [-0.05, 0) is 60.7 Å². The van der Waals surface area contributed by atoms with Gasteiger partial charge in [0.05, 0.1) is 17.7 Å². The fourth-order valence-electron chi connectivity index (χ4n) is 2.90. The highest BCUT2D eigenvalue weighted by Crippen LogP contribution is 2.25. The molecule has 0 unspecified atom stereocenters. The predicted octanol–water partition coefficient (Wildman–Crippen LogP) is 4.09. The normalized spacial score (nSPS) is 10.8. The van der Waals surface area contributed by atoms with E-state index in [-0.39, 0.29) is 4.90 Å². The van der Waals surface area contributed by atoms with Crippen LogP contribution in [0.2, 0.25) is 0 Å². The zero-order valence-electron chi connectivity index (χ0n) is 17.6. The first-order valence-corrected chi connectivity index (χ1v) is 11.2. The van der Waals surface area contributed by atoms with E-state index in [1.54, 1.807) is 72.8 Å². The first kappa shape index (κ1) is 22.9. The number of carbonyl (C=O) groups is 1. The van der Waals surface area contributed by atoms with Crippen LogP contribution in [-0.2, 0) is 14.8 Å². The number of carbonyl (C=O) groups excluding carboxylic acids is 1. The smallest absolute Gasteiger partial charge is 0.264 e. The quantitative estimate of drug-likeness (QED) is 0.468. The van der Waals surface area contributed by atoms with Gasteiger partial charge in [-0.2, -0.15) is 0 Å². The number of anilines is 2. The molecule has 1 amide bonds. The number of hydrogen-bond donors (Lipinski definition) is 1. The van der Waals surface area contributed by atoms with Crippen molar-refractivity contribution >= 4 is 27.3 Å². The first-order chi connectivity index (χ1) is 15.4. The summed E-state index contributed by atoms with van der Waals surface area (Å²) in [5.41, 5.74) is 0.905. The van der Waals surface area contributed by atoms with Crippen LogP contribution in [0.25, 0.3) is 0 Å². The predicted molar refractivity (Wildman–Crippen MR) is 125 cm³/mol. The highest BCUT2D eigenvalue weighted by atomic mass is 32.2. The third-order valence-corrected chi connectivity index (χ3v) is 6.27. The van der Waals surface area contributed by atoms with E-state index in [1.807, 2.05) is 0 Å². The Morgan fingerprint density at radius 3 is 2.19 bits per heavy atom. The number of nitrogens with one attached hydrogen (secondary N) is 1. The summed E-state index contributed by atoms with van der Waals surface area (Å²) in [7, 11) is -2.49. The molecule has 3 rings (SSSR count). The van der Waals surface area contributed by atoms with Crippen LogP contribution in [0.4, 0.5) is 11.4 Å². The van der Waals surface area contributed by atoms with Gasteiger partial charge in [0, 0.05) is 5.69 Å². The van der Waals surface area contributed by atoms with Gasteiger partial charge >= 0.3 is 0 Å². The van der Waals surface area contributed by atoms with Gasteiger partial charge < -0.3 is 14.8 Å². The number of methoxy groups -OCH3 is 1. The Morgan fingerprint density at radius 1 is 0.969 bits per heavy atom. The van der Waals surface area contributed by atoms with Crippen molar-refractivity contribution in [1.82, 2.24) is 0 Å². The van der Waals surface area contributed by atoms with Gasteiger partial charge in [0.2, 0.25) is 5.91 Å². The molecule has 0 fully saturated rings. The van der Waals surface area contributed by atoms with E-state index in [0.717, 1.165) is 4.31 Å². The second kappa shape index (κ2) is 10.5. The molecule has 0 aliphatic heterocycles. The van der Waals surface area contributed by atoms with Crippen LogP contribution in [0.5, 0.6) is 11.5 Å². The van der Waals surface area contributed by atoms with Crippen molar-refractivity contribution in [1.29, 1.82) is 0 Å². The van der Waals surface area contributed by atoms with Gasteiger partial charge in [0.25, 0.3) is 10.0 Å². The van der Waals surface area contributed by atoms with Crippen LogP contribution in [0, 0.1) is 0 Å². The van der Waals surface area contributed by atoms with Crippen molar-refractivity contribution in [2.24, 2.45) is 0 Å². The number of rotatable bonds is 10. The van der Waals surface area contributed by atoms with E-state index in [9.17, 15) is 13.2 Å². The molecular weight excluding hydrogens is 428 g/mol. The van der Waals surface area contributed by atoms with Gasteiger partial charge in [-0.3, -0.25) is 9.10 Å². The summed E-state index contributed by atoms with van der Waals surface area (Å²) in [5, 5.41) is 2.73. The molecule has 0 atom stereocenters. The number of ether oxygens (including phenoxy) is 2. The first-order valence-electron chi connectivity index (χ1n) is 9.79. The van der Waals surface area contributed by atoms with E-state index in [2.05, 4.69) is 11.9 Å². The Balaban J connectivity index is 1.81. The standard InChI is InChI=1S/C24H24N2O5S/c1-3-17-31-22-11-9-19(10-12-22)25-24(27)18-26(20-7-5-4-6-8-20)32(28,29)23-15-13-21(30-2)14-16-23/h3-16H,1,17-18H2,2H3,(H,25,27). The van der Waals surface area contributed by atoms with Crippen molar-refractivity contribution in [3.8, 4) is 11.5 Å². The Kier molecular flexibility index (Phi) is 7.51. The van der Waals surface area contributed by atoms with Gasteiger partial charge in [-0.25, -0.2) is 8.42 Å². The molecule has 32 heavy (non-hydrogen) atoms. The molecule has 7 nitrogen and oxygen atoms in total. The van der Waals surface area contributed by atoms with E-state index >= 15 is 0 Å². The number of para-hydroxylation sites is 1. The maximum Gasteiger partial charge on any atom is 0.264 e. The Morgan fingerprint density at radius 2 is 1.59 bits per heavy atom. The maximum atomic E-state index is 13.3. The lowest BCUT2D eigenvalue weighted by Crippen LogP contribution is -2.38. The number of sulfonamides is 1. The largest absolute Gasteiger partial charge is 0.497 e. The van der Waals surface area contributed by atoms with Crippen LogP contribution in [0.15, 0.2) is 96.4 Å². The highest BCUT2D eigenvalue weighted by Gasteiger charge is 2.27. The average molecular weight is 453 g/mol. The SMILES string of the molecule is C=CCOc1ccc(NC(=O)CN(c2ccccc2)S(=O)(=O)c2ccc(OC)cc2)cc1. The van der Waals surface area contributed by atoms with Crippen LogP contribution in [-0.4, -0.2) is 34.6 Å². The second-order valence-corrected chi connectivity index (χ2v) is 8.56. The molecule has 1 N–H and O–H groups in total. The number of nitrogens with zero attached hydrogens (tertiary/aromatic N) is 1. The number of hydrogen-bond acceptors (Lipinski definition) is 5. The molecule has 3 aromatic rings. The van der Waals surface area contributed by atoms with Crippen molar-refractivity contribution in [3.05, 3.63) is 91.5 Å². The molecule has 0 saturated carbocycles. The average Bonchev–Trinajstić information content (AvgIpc) is 2.82. The van der Waals surface area contributed by atoms with E-state index in [0.29, 0.717) is 29.5 Å². The molecule has 0 aliphatic rings. The summed E-state index contributed by atoms with van der Waals surface area (Å²) >= 11 is 0. The van der Waals surface area contributed by atoms with Gasteiger partial charge in [-0.1, -0.05) is 30.9 Å². The van der Waals surface area contributed by atoms with E-state index < -0.39 is 22.5 Å². The fraction of sp³-hybridized carbons (Fsp3) is 0.125. The Hall–Kier alpha value is -3.78. The third kappa shape index (κ3) is 5.67. The molecule has 3 aromatic carbocycles. The summed E-state index contributed by atoms with van der Waals surface area (Å²) < 4.78 is 38.3.